The first-order valence-electron chi connectivity index (χ1n) is 7.03. The molecule has 0 radical (unpaired) electrons. The summed E-state index contributed by atoms with van der Waals surface area (Å²) in [5.74, 6) is -0.761. The molecule has 0 aliphatic rings. The molecule has 2 aromatic rings. The van der Waals surface area contributed by atoms with Crippen LogP contribution in [0.5, 0.6) is 0 Å². The highest BCUT2D eigenvalue weighted by Crippen LogP contribution is 2.27. The van der Waals surface area contributed by atoms with Crippen molar-refractivity contribution in [2.75, 3.05) is 12.4 Å². The van der Waals surface area contributed by atoms with Gasteiger partial charge in [0.2, 0.25) is 5.91 Å². The van der Waals surface area contributed by atoms with Crippen molar-refractivity contribution >= 4 is 52.4 Å². The molecule has 126 valence electrons. The van der Waals surface area contributed by atoms with Crippen LogP contribution in [0.15, 0.2) is 36.4 Å². The minimum absolute atomic E-state index is 0.193. The summed E-state index contributed by atoms with van der Waals surface area (Å²) >= 11 is 18.1. The lowest BCUT2D eigenvalue weighted by Crippen LogP contribution is -2.13. The van der Waals surface area contributed by atoms with Crippen LogP contribution in [0.25, 0.3) is 0 Å². The van der Waals surface area contributed by atoms with Gasteiger partial charge in [0.15, 0.2) is 0 Å². The molecular weight excluding hydrogens is 373 g/mol. The minimum atomic E-state index is -0.507. The quantitative estimate of drug-likeness (QED) is 0.735. The van der Waals surface area contributed by atoms with Crippen molar-refractivity contribution in [1.29, 1.82) is 0 Å². The van der Waals surface area contributed by atoms with Gasteiger partial charge in [-0.3, -0.25) is 4.79 Å². The van der Waals surface area contributed by atoms with Crippen LogP contribution in [0.1, 0.15) is 22.3 Å². The number of ether oxygens (including phenoxy) is 1. The third-order valence-electron chi connectivity index (χ3n) is 3.31. The summed E-state index contributed by atoms with van der Waals surface area (Å²) in [6, 6.07) is 9.79. The number of hydrogen-bond donors (Lipinski definition) is 1. The highest BCUT2D eigenvalue weighted by atomic mass is 35.5. The SMILES string of the molecule is COC(=O)c1ccc(Cl)c(NC(=O)CCc2cccc(Cl)c2Cl)c1. The van der Waals surface area contributed by atoms with Gasteiger partial charge in [-0.25, -0.2) is 4.79 Å². The molecule has 0 saturated carbocycles. The van der Waals surface area contributed by atoms with Gasteiger partial charge in [0.1, 0.15) is 0 Å². The van der Waals surface area contributed by atoms with Gasteiger partial charge < -0.3 is 10.1 Å². The van der Waals surface area contributed by atoms with Crippen molar-refractivity contribution in [2.24, 2.45) is 0 Å². The maximum absolute atomic E-state index is 12.1. The molecule has 0 heterocycles. The summed E-state index contributed by atoms with van der Waals surface area (Å²) in [5, 5.41) is 3.90. The van der Waals surface area contributed by atoms with E-state index >= 15 is 0 Å². The molecule has 2 rings (SSSR count). The van der Waals surface area contributed by atoms with E-state index in [2.05, 4.69) is 10.1 Å². The Morgan fingerprint density at radius 2 is 1.83 bits per heavy atom. The highest BCUT2D eigenvalue weighted by Gasteiger charge is 2.12. The summed E-state index contributed by atoms with van der Waals surface area (Å²) in [7, 11) is 1.28. The van der Waals surface area contributed by atoms with E-state index in [0.717, 1.165) is 5.56 Å². The Labute approximate surface area is 154 Å². The fourth-order valence-corrected chi connectivity index (χ4v) is 2.65. The highest BCUT2D eigenvalue weighted by molar-refractivity contribution is 6.42. The predicted octanol–water partition coefficient (Wildman–Crippen LogP) is 5.00. The van der Waals surface area contributed by atoms with Crippen LogP contribution in [-0.2, 0) is 16.0 Å². The van der Waals surface area contributed by atoms with E-state index in [4.69, 9.17) is 34.8 Å². The molecule has 1 N–H and O–H groups in total. The van der Waals surface area contributed by atoms with Crippen LogP contribution >= 0.6 is 34.8 Å². The molecule has 0 spiro atoms. The summed E-state index contributed by atoms with van der Waals surface area (Å²) in [6.07, 6.45) is 0.623. The average Bonchev–Trinajstić information content (AvgIpc) is 2.57. The zero-order chi connectivity index (χ0) is 17.7. The van der Waals surface area contributed by atoms with Gasteiger partial charge in [-0.2, -0.15) is 0 Å². The van der Waals surface area contributed by atoms with Crippen molar-refractivity contribution in [3.05, 3.63) is 62.6 Å². The van der Waals surface area contributed by atoms with Crippen molar-refractivity contribution in [3.63, 3.8) is 0 Å². The number of rotatable bonds is 5. The van der Waals surface area contributed by atoms with Crippen LogP contribution < -0.4 is 5.32 Å². The van der Waals surface area contributed by atoms with Crippen molar-refractivity contribution in [3.8, 4) is 0 Å². The topological polar surface area (TPSA) is 55.4 Å². The number of halogens is 3. The van der Waals surface area contributed by atoms with E-state index in [0.29, 0.717) is 32.7 Å². The number of carbonyl (C=O) groups excluding carboxylic acids is 2. The van der Waals surface area contributed by atoms with Gasteiger partial charge in [-0.15, -0.1) is 0 Å². The number of anilines is 1. The first kappa shape index (κ1) is 18.6. The fourth-order valence-electron chi connectivity index (χ4n) is 2.07. The van der Waals surface area contributed by atoms with E-state index in [1.165, 1.54) is 25.3 Å². The summed E-state index contributed by atoms with van der Waals surface area (Å²) in [6.45, 7) is 0. The smallest absolute Gasteiger partial charge is 0.337 e. The second kappa shape index (κ2) is 8.38. The average molecular weight is 387 g/mol. The number of hydrogen-bond acceptors (Lipinski definition) is 3. The van der Waals surface area contributed by atoms with Gasteiger partial charge >= 0.3 is 5.97 Å². The van der Waals surface area contributed by atoms with Crippen LogP contribution in [0.3, 0.4) is 0 Å². The first-order chi connectivity index (χ1) is 11.4. The second-order valence-electron chi connectivity index (χ2n) is 4.95. The number of amides is 1. The summed E-state index contributed by atoms with van der Waals surface area (Å²) in [4.78, 5) is 23.7. The number of benzene rings is 2. The molecule has 7 heteroatoms. The third-order valence-corrected chi connectivity index (χ3v) is 4.50. The van der Waals surface area contributed by atoms with E-state index < -0.39 is 5.97 Å². The van der Waals surface area contributed by atoms with E-state index in [1.807, 2.05) is 6.07 Å². The number of aryl methyl sites for hydroxylation is 1. The molecule has 0 aliphatic heterocycles. The zero-order valence-corrected chi connectivity index (χ0v) is 15.0. The number of nitrogens with one attached hydrogen (secondary N) is 1. The molecule has 0 aromatic heterocycles. The predicted molar refractivity (Wildman–Crippen MR) is 96.2 cm³/mol. The maximum Gasteiger partial charge on any atom is 0.337 e. The Hall–Kier alpha value is -1.75. The molecule has 2 aromatic carbocycles. The molecule has 24 heavy (non-hydrogen) atoms. The normalized spacial score (nSPS) is 10.3. The van der Waals surface area contributed by atoms with Crippen molar-refractivity contribution in [1.82, 2.24) is 0 Å². The third kappa shape index (κ3) is 4.63. The van der Waals surface area contributed by atoms with Gasteiger partial charge in [-0.05, 0) is 36.2 Å². The number of carbonyl (C=O) groups is 2. The molecule has 0 fully saturated rings. The maximum atomic E-state index is 12.1. The van der Waals surface area contributed by atoms with Gasteiger partial charge in [0, 0.05) is 6.42 Å². The van der Waals surface area contributed by atoms with E-state index in [1.54, 1.807) is 12.1 Å². The van der Waals surface area contributed by atoms with Gasteiger partial charge in [0.25, 0.3) is 0 Å². The molecule has 0 atom stereocenters. The zero-order valence-electron chi connectivity index (χ0n) is 12.7. The minimum Gasteiger partial charge on any atom is -0.465 e. The molecule has 4 nitrogen and oxygen atoms in total. The second-order valence-corrected chi connectivity index (χ2v) is 6.14. The molecule has 0 unspecified atom stereocenters. The molecule has 0 aliphatic carbocycles. The molecular formula is C17H14Cl3NO3. The van der Waals surface area contributed by atoms with E-state index in [9.17, 15) is 9.59 Å². The number of esters is 1. The largest absolute Gasteiger partial charge is 0.465 e. The summed E-state index contributed by atoms with van der Waals surface area (Å²) in [5.41, 5.74) is 1.44. The summed E-state index contributed by atoms with van der Waals surface area (Å²) < 4.78 is 4.64. The Bertz CT molecular complexity index is 778. The Morgan fingerprint density at radius 1 is 1.08 bits per heavy atom. The van der Waals surface area contributed by atoms with Crippen molar-refractivity contribution < 1.29 is 14.3 Å². The van der Waals surface area contributed by atoms with Crippen LogP contribution in [-0.4, -0.2) is 19.0 Å². The monoisotopic (exact) mass is 385 g/mol. The molecule has 1 amide bonds. The number of methoxy groups -OCH3 is 1. The van der Waals surface area contributed by atoms with E-state index in [-0.39, 0.29) is 12.3 Å². The van der Waals surface area contributed by atoms with Crippen LogP contribution in [0, 0.1) is 0 Å². The lowest BCUT2D eigenvalue weighted by molar-refractivity contribution is -0.116. The lowest BCUT2D eigenvalue weighted by Gasteiger charge is -2.10. The lowest BCUT2D eigenvalue weighted by atomic mass is 10.1. The van der Waals surface area contributed by atoms with Crippen LogP contribution in [0.4, 0.5) is 5.69 Å². The van der Waals surface area contributed by atoms with Crippen molar-refractivity contribution in [2.45, 2.75) is 12.8 Å². The Kier molecular flexibility index (Phi) is 6.49. The molecule has 0 bridgehead atoms. The first-order valence-corrected chi connectivity index (χ1v) is 8.16. The van der Waals surface area contributed by atoms with Gasteiger partial charge in [-0.1, -0.05) is 46.9 Å². The standard InChI is InChI=1S/C17H14Cl3NO3/c1-24-17(23)11-5-7-12(18)14(9-11)21-15(22)8-6-10-3-2-4-13(19)16(10)20/h2-5,7,9H,6,8H2,1H3,(H,21,22). The Balaban J connectivity index is 2.04. The molecule has 0 saturated heterocycles. The van der Waals surface area contributed by atoms with Crippen LogP contribution in [0.2, 0.25) is 15.1 Å². The van der Waals surface area contributed by atoms with Gasteiger partial charge in [0.05, 0.1) is 33.4 Å². The fraction of sp³-hybridized carbons (Fsp3) is 0.176. The Morgan fingerprint density at radius 3 is 2.54 bits per heavy atom.